The first kappa shape index (κ1) is 14.8. The van der Waals surface area contributed by atoms with E-state index in [0.29, 0.717) is 31.6 Å². The van der Waals surface area contributed by atoms with E-state index in [0.717, 1.165) is 0 Å². The number of rotatable bonds is 4. The molecule has 1 aliphatic heterocycles. The molecule has 1 saturated heterocycles. The Kier molecular flexibility index (Phi) is 4.11. The highest BCUT2D eigenvalue weighted by Gasteiger charge is 2.27. The molecule has 21 heavy (non-hydrogen) atoms. The minimum atomic E-state index is -1.36. The Labute approximate surface area is 120 Å². The van der Waals surface area contributed by atoms with Crippen LogP contribution in [0.4, 0.5) is 5.69 Å². The second-order valence-electron chi connectivity index (χ2n) is 4.68. The first-order chi connectivity index (χ1) is 9.95. The molecule has 1 aromatic rings. The van der Waals surface area contributed by atoms with Gasteiger partial charge in [-0.15, -0.1) is 0 Å². The topological polar surface area (TPSA) is 104 Å². The maximum Gasteiger partial charge on any atom is 0.340 e. The SMILES string of the molecule is COc1c(N2CCC(=O)CC2)ccc(C(=O)O)c1C(=O)O. The molecule has 1 aromatic carbocycles. The predicted molar refractivity (Wildman–Crippen MR) is 73.4 cm³/mol. The third-order valence-electron chi connectivity index (χ3n) is 3.45. The molecular weight excluding hydrogens is 278 g/mol. The van der Waals surface area contributed by atoms with Crippen molar-refractivity contribution in [2.75, 3.05) is 25.1 Å². The van der Waals surface area contributed by atoms with E-state index in [1.165, 1.54) is 19.2 Å². The molecule has 0 radical (unpaired) electrons. The molecule has 7 nitrogen and oxygen atoms in total. The van der Waals surface area contributed by atoms with Crippen molar-refractivity contribution in [1.82, 2.24) is 0 Å². The number of piperidine rings is 1. The summed E-state index contributed by atoms with van der Waals surface area (Å²) in [6.07, 6.45) is 0.762. The summed E-state index contributed by atoms with van der Waals surface area (Å²) in [7, 11) is 1.30. The summed E-state index contributed by atoms with van der Waals surface area (Å²) in [5.74, 6) is -2.52. The van der Waals surface area contributed by atoms with E-state index < -0.39 is 11.9 Å². The zero-order chi connectivity index (χ0) is 15.6. The number of hydrogen-bond acceptors (Lipinski definition) is 5. The monoisotopic (exact) mass is 293 g/mol. The van der Waals surface area contributed by atoms with Crippen molar-refractivity contribution >= 4 is 23.4 Å². The number of carbonyl (C=O) groups is 3. The van der Waals surface area contributed by atoms with E-state index in [4.69, 9.17) is 9.84 Å². The van der Waals surface area contributed by atoms with Gasteiger partial charge in [-0.2, -0.15) is 0 Å². The molecule has 0 spiro atoms. The normalized spacial score (nSPS) is 14.9. The van der Waals surface area contributed by atoms with E-state index in [2.05, 4.69) is 0 Å². The maximum atomic E-state index is 11.4. The van der Waals surface area contributed by atoms with E-state index in [1.54, 1.807) is 0 Å². The van der Waals surface area contributed by atoms with Gasteiger partial charge in [0, 0.05) is 25.9 Å². The molecule has 0 atom stereocenters. The Morgan fingerprint density at radius 3 is 2.24 bits per heavy atom. The fourth-order valence-electron chi connectivity index (χ4n) is 2.41. The standard InChI is InChI=1S/C14H15NO6/c1-21-12-10(15-6-4-8(16)5-7-15)3-2-9(13(17)18)11(12)14(19)20/h2-3H,4-7H2,1H3,(H,17,18)(H,19,20). The van der Waals surface area contributed by atoms with Gasteiger partial charge in [-0.3, -0.25) is 4.79 Å². The molecule has 0 amide bonds. The third kappa shape index (κ3) is 2.81. The molecule has 1 aliphatic rings. The van der Waals surface area contributed by atoms with Gasteiger partial charge in [0.05, 0.1) is 18.4 Å². The minimum absolute atomic E-state index is 0.0109. The lowest BCUT2D eigenvalue weighted by Gasteiger charge is -2.30. The highest BCUT2D eigenvalue weighted by Crippen LogP contribution is 2.35. The van der Waals surface area contributed by atoms with Gasteiger partial charge in [-0.05, 0) is 12.1 Å². The minimum Gasteiger partial charge on any atom is -0.494 e. The number of carboxylic acid groups (broad SMARTS) is 2. The summed E-state index contributed by atoms with van der Waals surface area (Å²) in [6.45, 7) is 0.918. The molecule has 1 heterocycles. The van der Waals surface area contributed by atoms with Crippen LogP contribution in [-0.2, 0) is 4.79 Å². The Bertz CT molecular complexity index is 600. The van der Waals surface area contributed by atoms with Crippen molar-refractivity contribution in [3.8, 4) is 5.75 Å². The summed E-state index contributed by atoms with van der Waals surface area (Å²) < 4.78 is 5.14. The highest BCUT2D eigenvalue weighted by atomic mass is 16.5. The number of carboxylic acids is 2. The van der Waals surface area contributed by atoms with Gasteiger partial charge < -0.3 is 19.8 Å². The lowest BCUT2D eigenvalue weighted by Crippen LogP contribution is -2.34. The lowest BCUT2D eigenvalue weighted by atomic mass is 10.0. The number of nitrogens with zero attached hydrogens (tertiary/aromatic N) is 1. The van der Waals surface area contributed by atoms with Crippen LogP contribution in [0.15, 0.2) is 12.1 Å². The van der Waals surface area contributed by atoms with Gasteiger partial charge in [0.1, 0.15) is 11.3 Å². The lowest BCUT2D eigenvalue weighted by molar-refractivity contribution is -0.119. The van der Waals surface area contributed by atoms with Gasteiger partial charge in [-0.25, -0.2) is 9.59 Å². The average Bonchev–Trinajstić information content (AvgIpc) is 2.46. The van der Waals surface area contributed by atoms with Gasteiger partial charge >= 0.3 is 11.9 Å². The quantitative estimate of drug-likeness (QED) is 0.861. The summed E-state index contributed by atoms with van der Waals surface area (Å²) >= 11 is 0. The first-order valence-corrected chi connectivity index (χ1v) is 6.40. The van der Waals surface area contributed by atoms with Crippen LogP contribution in [0.5, 0.6) is 5.75 Å². The number of carbonyl (C=O) groups excluding carboxylic acids is 1. The molecular formula is C14H15NO6. The summed E-state index contributed by atoms with van der Waals surface area (Å²) in [6, 6.07) is 2.77. The number of Topliss-reactive ketones (excluding diaryl/α,β-unsaturated/α-hetero) is 1. The molecule has 7 heteroatoms. The molecule has 1 fully saturated rings. The Morgan fingerprint density at radius 1 is 1.14 bits per heavy atom. The van der Waals surface area contributed by atoms with Crippen LogP contribution in [0.3, 0.4) is 0 Å². The van der Waals surface area contributed by atoms with E-state index in [-0.39, 0.29) is 22.7 Å². The third-order valence-corrected chi connectivity index (χ3v) is 3.45. The number of aromatic carboxylic acids is 2. The number of hydrogen-bond donors (Lipinski definition) is 2. The van der Waals surface area contributed by atoms with Crippen molar-refractivity contribution in [3.63, 3.8) is 0 Å². The van der Waals surface area contributed by atoms with Crippen LogP contribution in [0.25, 0.3) is 0 Å². The predicted octanol–water partition coefficient (Wildman–Crippen LogP) is 1.26. The number of anilines is 1. The molecule has 112 valence electrons. The van der Waals surface area contributed by atoms with Crippen molar-refractivity contribution in [2.45, 2.75) is 12.8 Å². The molecule has 2 N–H and O–H groups in total. The van der Waals surface area contributed by atoms with Crippen molar-refractivity contribution in [3.05, 3.63) is 23.3 Å². The van der Waals surface area contributed by atoms with Gasteiger partial charge in [-0.1, -0.05) is 0 Å². The fraction of sp³-hybridized carbons (Fsp3) is 0.357. The van der Waals surface area contributed by atoms with Crippen LogP contribution in [-0.4, -0.2) is 48.1 Å². The smallest absolute Gasteiger partial charge is 0.340 e. The first-order valence-electron chi connectivity index (χ1n) is 6.40. The van der Waals surface area contributed by atoms with Crippen molar-refractivity contribution in [1.29, 1.82) is 0 Å². The largest absolute Gasteiger partial charge is 0.494 e. The zero-order valence-corrected chi connectivity index (χ0v) is 11.5. The van der Waals surface area contributed by atoms with Crippen LogP contribution in [0, 0.1) is 0 Å². The van der Waals surface area contributed by atoms with Gasteiger partial charge in [0.25, 0.3) is 0 Å². The molecule has 0 saturated carbocycles. The number of methoxy groups -OCH3 is 1. The fourth-order valence-corrected chi connectivity index (χ4v) is 2.41. The summed E-state index contributed by atoms with van der Waals surface area (Å²) in [5, 5.41) is 18.4. The number of benzene rings is 1. The molecule has 2 rings (SSSR count). The molecule has 0 aromatic heterocycles. The second-order valence-corrected chi connectivity index (χ2v) is 4.68. The van der Waals surface area contributed by atoms with E-state index in [9.17, 15) is 19.5 Å². The Balaban J connectivity index is 2.52. The van der Waals surface area contributed by atoms with E-state index in [1.807, 2.05) is 4.90 Å². The number of ketones is 1. The second kappa shape index (κ2) is 5.82. The highest BCUT2D eigenvalue weighted by molar-refractivity contribution is 6.05. The average molecular weight is 293 g/mol. The number of ether oxygens (including phenoxy) is 1. The maximum absolute atomic E-state index is 11.4. The van der Waals surface area contributed by atoms with Crippen LogP contribution in [0.2, 0.25) is 0 Å². The zero-order valence-electron chi connectivity index (χ0n) is 11.5. The molecule has 0 aliphatic carbocycles. The van der Waals surface area contributed by atoms with Crippen molar-refractivity contribution in [2.24, 2.45) is 0 Å². The summed E-state index contributed by atoms with van der Waals surface area (Å²) in [5.41, 5.74) is -0.206. The van der Waals surface area contributed by atoms with Gasteiger partial charge in [0.15, 0.2) is 5.75 Å². The Hall–Kier alpha value is -2.57. The van der Waals surface area contributed by atoms with Crippen LogP contribution in [0.1, 0.15) is 33.6 Å². The molecule has 0 bridgehead atoms. The van der Waals surface area contributed by atoms with Crippen LogP contribution < -0.4 is 9.64 Å². The Morgan fingerprint density at radius 2 is 1.76 bits per heavy atom. The van der Waals surface area contributed by atoms with Crippen LogP contribution >= 0.6 is 0 Å². The summed E-state index contributed by atoms with van der Waals surface area (Å²) in [4.78, 5) is 35.6. The van der Waals surface area contributed by atoms with Gasteiger partial charge in [0.2, 0.25) is 0 Å². The molecule has 0 unspecified atom stereocenters. The van der Waals surface area contributed by atoms with Crippen molar-refractivity contribution < 1.29 is 29.3 Å². The van der Waals surface area contributed by atoms with E-state index >= 15 is 0 Å².